The van der Waals surface area contributed by atoms with E-state index in [1.54, 1.807) is 6.07 Å². The van der Waals surface area contributed by atoms with E-state index in [1.807, 2.05) is 13.8 Å². The fraction of sp³-hybridized carbons (Fsp3) is 0.222. The molecule has 0 aromatic heterocycles. The maximum absolute atomic E-state index is 13.5. The van der Waals surface area contributed by atoms with Gasteiger partial charge in [0, 0.05) is 11.6 Å². The lowest BCUT2D eigenvalue weighted by molar-refractivity contribution is 0.303. The number of benzene rings is 2. The summed E-state index contributed by atoms with van der Waals surface area (Å²) in [6, 6.07) is 10.6. The molecule has 0 amide bonds. The van der Waals surface area contributed by atoms with Gasteiger partial charge < -0.3 is 4.74 Å². The van der Waals surface area contributed by atoms with Crippen LogP contribution in [0.1, 0.15) is 22.3 Å². The maximum Gasteiger partial charge on any atom is 0.128 e. The second kappa shape index (κ2) is 7.15. The molecule has 1 nitrogen and oxygen atoms in total. The Morgan fingerprint density at radius 2 is 1.95 bits per heavy atom. The maximum atomic E-state index is 13.5. The molecule has 0 atom stereocenters. The van der Waals surface area contributed by atoms with E-state index in [2.05, 4.69) is 30.0 Å². The SMILES string of the molecule is Cc1ccc(C)c(COc2cc(F)cc(C#CCCl)c2)c1. The van der Waals surface area contributed by atoms with Crippen molar-refractivity contribution in [3.05, 3.63) is 64.5 Å². The molecule has 0 aliphatic heterocycles. The molecule has 2 rings (SSSR count). The van der Waals surface area contributed by atoms with Gasteiger partial charge in [0.1, 0.15) is 18.2 Å². The number of aryl methyl sites for hydroxylation is 2. The molecule has 0 fully saturated rings. The van der Waals surface area contributed by atoms with Crippen LogP contribution in [0.5, 0.6) is 5.75 Å². The Hall–Kier alpha value is -1.98. The van der Waals surface area contributed by atoms with Crippen LogP contribution >= 0.6 is 11.6 Å². The van der Waals surface area contributed by atoms with Crippen LogP contribution < -0.4 is 4.74 Å². The predicted octanol–water partition coefficient (Wildman–Crippen LogP) is 4.61. The lowest BCUT2D eigenvalue weighted by Crippen LogP contribution is -1.99. The molecule has 2 aromatic carbocycles. The lowest BCUT2D eigenvalue weighted by Gasteiger charge is -2.10. The Morgan fingerprint density at radius 1 is 1.14 bits per heavy atom. The van der Waals surface area contributed by atoms with E-state index in [4.69, 9.17) is 16.3 Å². The number of hydrogen-bond acceptors (Lipinski definition) is 1. The van der Waals surface area contributed by atoms with Gasteiger partial charge >= 0.3 is 0 Å². The minimum absolute atomic E-state index is 0.217. The van der Waals surface area contributed by atoms with Crippen molar-refractivity contribution in [1.82, 2.24) is 0 Å². The van der Waals surface area contributed by atoms with Crippen LogP contribution in [0.3, 0.4) is 0 Å². The number of alkyl halides is 1. The standard InChI is InChI=1S/C18H16ClFO/c1-13-5-6-14(2)16(8-13)12-21-18-10-15(4-3-7-19)9-17(20)11-18/h5-6,8-11H,7,12H2,1-2H3. The van der Waals surface area contributed by atoms with Crippen LogP contribution in [0, 0.1) is 31.5 Å². The van der Waals surface area contributed by atoms with E-state index < -0.39 is 0 Å². The predicted molar refractivity (Wildman–Crippen MR) is 84.2 cm³/mol. The van der Waals surface area contributed by atoms with Crippen molar-refractivity contribution < 1.29 is 9.13 Å². The zero-order valence-corrected chi connectivity index (χ0v) is 12.8. The van der Waals surface area contributed by atoms with Crippen molar-refractivity contribution in [2.45, 2.75) is 20.5 Å². The largest absolute Gasteiger partial charge is 0.489 e. The molecule has 0 N–H and O–H groups in total. The first kappa shape index (κ1) is 15.4. The Labute approximate surface area is 129 Å². The van der Waals surface area contributed by atoms with Crippen LogP contribution in [-0.4, -0.2) is 5.88 Å². The normalized spacial score (nSPS) is 9.90. The third-order valence-corrected chi connectivity index (χ3v) is 3.20. The number of rotatable bonds is 3. The summed E-state index contributed by atoms with van der Waals surface area (Å²) in [5, 5.41) is 0. The van der Waals surface area contributed by atoms with Gasteiger partial charge in [-0.15, -0.1) is 11.6 Å². The van der Waals surface area contributed by atoms with Gasteiger partial charge in [-0.2, -0.15) is 0 Å². The van der Waals surface area contributed by atoms with Gasteiger partial charge in [-0.25, -0.2) is 4.39 Å². The fourth-order valence-electron chi connectivity index (χ4n) is 1.97. The zero-order valence-electron chi connectivity index (χ0n) is 12.0. The average Bonchev–Trinajstić information content (AvgIpc) is 2.45. The molecule has 0 aliphatic carbocycles. The first-order chi connectivity index (χ1) is 10.1. The number of ether oxygens (including phenoxy) is 1. The van der Waals surface area contributed by atoms with Crippen molar-refractivity contribution in [2.24, 2.45) is 0 Å². The zero-order chi connectivity index (χ0) is 15.2. The van der Waals surface area contributed by atoms with Crippen LogP contribution in [0.15, 0.2) is 36.4 Å². The second-order valence-corrected chi connectivity index (χ2v) is 5.10. The van der Waals surface area contributed by atoms with E-state index in [1.165, 1.54) is 17.7 Å². The highest BCUT2D eigenvalue weighted by molar-refractivity contribution is 6.19. The first-order valence-corrected chi connectivity index (χ1v) is 7.16. The van der Waals surface area contributed by atoms with Crippen molar-refractivity contribution in [2.75, 3.05) is 5.88 Å². The third kappa shape index (κ3) is 4.51. The Morgan fingerprint density at radius 3 is 2.71 bits per heavy atom. The summed E-state index contributed by atoms with van der Waals surface area (Å²) in [6.07, 6.45) is 0. The molecule has 0 aliphatic rings. The van der Waals surface area contributed by atoms with Crippen LogP contribution in [-0.2, 0) is 6.61 Å². The van der Waals surface area contributed by atoms with Crippen LogP contribution in [0.25, 0.3) is 0 Å². The van der Waals surface area contributed by atoms with Crippen molar-refractivity contribution in [1.29, 1.82) is 0 Å². The summed E-state index contributed by atoms with van der Waals surface area (Å²) in [6.45, 7) is 4.46. The summed E-state index contributed by atoms with van der Waals surface area (Å²) < 4.78 is 19.2. The Bertz CT molecular complexity index is 698. The van der Waals surface area contributed by atoms with Gasteiger partial charge in [0.25, 0.3) is 0 Å². The molecule has 0 saturated heterocycles. The van der Waals surface area contributed by atoms with Gasteiger partial charge in [-0.05, 0) is 37.1 Å². The second-order valence-electron chi connectivity index (χ2n) is 4.83. The molecule has 3 heteroatoms. The van der Waals surface area contributed by atoms with E-state index in [-0.39, 0.29) is 11.7 Å². The molecule has 0 radical (unpaired) electrons. The van der Waals surface area contributed by atoms with E-state index in [0.717, 1.165) is 11.1 Å². The third-order valence-electron chi connectivity index (χ3n) is 3.07. The van der Waals surface area contributed by atoms with Crippen LogP contribution in [0.2, 0.25) is 0 Å². The first-order valence-electron chi connectivity index (χ1n) is 6.63. The lowest BCUT2D eigenvalue weighted by atomic mass is 10.1. The highest BCUT2D eigenvalue weighted by Crippen LogP contribution is 2.19. The highest BCUT2D eigenvalue weighted by Gasteiger charge is 2.03. The minimum Gasteiger partial charge on any atom is -0.489 e. The summed E-state index contributed by atoms with van der Waals surface area (Å²) in [7, 11) is 0. The van der Waals surface area contributed by atoms with Crippen molar-refractivity contribution in [3.63, 3.8) is 0 Å². The van der Waals surface area contributed by atoms with Gasteiger partial charge in [0.15, 0.2) is 0 Å². The molecule has 0 bridgehead atoms. The van der Waals surface area contributed by atoms with E-state index >= 15 is 0 Å². The summed E-state index contributed by atoms with van der Waals surface area (Å²) in [5.41, 5.74) is 3.98. The van der Waals surface area contributed by atoms with Crippen molar-refractivity contribution >= 4 is 11.6 Å². The number of halogens is 2. The van der Waals surface area contributed by atoms with Gasteiger partial charge in [0.05, 0.1) is 5.88 Å². The van der Waals surface area contributed by atoms with Gasteiger partial charge in [-0.1, -0.05) is 35.6 Å². The molecule has 2 aromatic rings. The smallest absolute Gasteiger partial charge is 0.128 e. The monoisotopic (exact) mass is 302 g/mol. The van der Waals surface area contributed by atoms with Gasteiger partial charge in [0.2, 0.25) is 0 Å². The Balaban J connectivity index is 2.16. The van der Waals surface area contributed by atoms with Crippen LogP contribution in [0.4, 0.5) is 4.39 Å². The molecule has 108 valence electrons. The fourth-order valence-corrected chi connectivity index (χ4v) is 2.04. The summed E-state index contributed by atoms with van der Waals surface area (Å²) >= 11 is 5.51. The molecular formula is C18H16ClFO. The molecular weight excluding hydrogens is 287 g/mol. The molecule has 0 heterocycles. The Kier molecular flexibility index (Phi) is 5.25. The number of hydrogen-bond donors (Lipinski definition) is 0. The summed E-state index contributed by atoms with van der Waals surface area (Å²) in [4.78, 5) is 0. The topological polar surface area (TPSA) is 9.23 Å². The summed E-state index contributed by atoms with van der Waals surface area (Å²) in [5.74, 6) is 5.81. The molecule has 0 saturated carbocycles. The minimum atomic E-state index is -0.368. The molecule has 0 unspecified atom stereocenters. The average molecular weight is 303 g/mol. The van der Waals surface area contributed by atoms with Gasteiger partial charge in [-0.3, -0.25) is 0 Å². The van der Waals surface area contributed by atoms with E-state index in [9.17, 15) is 4.39 Å². The quantitative estimate of drug-likeness (QED) is 0.594. The molecule has 0 spiro atoms. The van der Waals surface area contributed by atoms with E-state index in [0.29, 0.717) is 17.9 Å². The van der Waals surface area contributed by atoms with Crippen molar-refractivity contribution in [3.8, 4) is 17.6 Å². The highest BCUT2D eigenvalue weighted by atomic mass is 35.5. The molecule has 21 heavy (non-hydrogen) atoms.